The SMILES string of the molecule is [C-]#[N+]c1c(C#N)c(-n2c3ccc(-c4ccccc4)cc3c3cc4c(cc32)oc2ccccc24)c2c(c1-n1c3ccc(-c4ccccc4)cc3c3cc4c(cc31)oc1ccccc14)C1(CCCC1)CC21CCCC1. The van der Waals surface area contributed by atoms with E-state index in [0.717, 1.165) is 179 Å². The first-order valence-electron chi connectivity index (χ1n) is 26.0. The highest BCUT2D eigenvalue weighted by atomic mass is 16.3. The van der Waals surface area contributed by atoms with Gasteiger partial charge in [0, 0.05) is 55.2 Å². The van der Waals surface area contributed by atoms with Crippen LogP contribution in [0, 0.1) is 17.9 Å². The van der Waals surface area contributed by atoms with Crippen molar-refractivity contribution >= 4 is 93.2 Å². The maximum Gasteiger partial charge on any atom is 0.230 e. The Kier molecular flexibility index (Phi) is 8.31. The molecule has 3 aliphatic carbocycles. The van der Waals surface area contributed by atoms with Gasteiger partial charge < -0.3 is 18.0 Å². The number of nitrogens with zero attached hydrogens (tertiary/aromatic N) is 4. The quantitative estimate of drug-likeness (QED) is 0.165. The van der Waals surface area contributed by atoms with E-state index < -0.39 is 0 Å². The van der Waals surface area contributed by atoms with Crippen molar-refractivity contribution in [2.45, 2.75) is 68.6 Å². The lowest BCUT2D eigenvalue weighted by Crippen LogP contribution is -2.25. The van der Waals surface area contributed by atoms with Gasteiger partial charge >= 0.3 is 0 Å². The molecule has 2 saturated carbocycles. The number of nitriles is 1. The summed E-state index contributed by atoms with van der Waals surface area (Å²) in [5.74, 6) is 0. The van der Waals surface area contributed by atoms with Gasteiger partial charge in [0.1, 0.15) is 22.3 Å². The van der Waals surface area contributed by atoms with Crippen molar-refractivity contribution in [3.63, 3.8) is 0 Å². The summed E-state index contributed by atoms with van der Waals surface area (Å²) in [7, 11) is 0. The van der Waals surface area contributed by atoms with Crippen molar-refractivity contribution in [3.8, 4) is 39.7 Å². The lowest BCUT2D eigenvalue weighted by Gasteiger charge is -2.30. The second kappa shape index (κ2) is 14.9. The molecule has 2 spiro atoms. The minimum atomic E-state index is -0.183. The molecule has 0 bridgehead atoms. The van der Waals surface area contributed by atoms with Gasteiger partial charge in [-0.3, -0.25) is 0 Å². The molecule has 6 heteroatoms. The fourth-order valence-electron chi connectivity index (χ4n) is 14.8. The van der Waals surface area contributed by atoms with E-state index in [0.29, 0.717) is 11.3 Å². The van der Waals surface area contributed by atoms with Crippen LogP contribution in [-0.4, -0.2) is 9.13 Å². The standard InChI is InChI=1S/C67H46N4O2/c1-69-63-52(38-68)64(70-53-26-24-42(40-16-4-2-5-17-40)32-46(53)48-34-50-44-20-8-10-22-57(44)72-59(50)36-55(48)70)61-62(67(30-14-15-31-67)39-66(61)28-12-13-29-66)65(63)71-54-27-25-43(41-18-6-3-7-19-41)33-47(54)49-35-51-45-21-9-11-23-58(45)73-60(51)37-56(49)71/h2-11,16-27,32-37H,12-15,28-31,39H2. The summed E-state index contributed by atoms with van der Waals surface area (Å²) in [6, 6.07) is 63.3. The molecule has 0 saturated heterocycles. The molecule has 0 aliphatic heterocycles. The summed E-state index contributed by atoms with van der Waals surface area (Å²) in [6.07, 6.45) is 9.74. The fourth-order valence-corrected chi connectivity index (χ4v) is 14.8. The van der Waals surface area contributed by atoms with Gasteiger partial charge in [-0.15, -0.1) is 0 Å². The van der Waals surface area contributed by atoms with Gasteiger partial charge in [-0.1, -0.05) is 135 Å². The Labute approximate surface area is 420 Å². The van der Waals surface area contributed by atoms with Gasteiger partial charge in [-0.05, 0) is 125 Å². The van der Waals surface area contributed by atoms with E-state index in [9.17, 15) is 11.8 Å². The Morgan fingerprint density at radius 1 is 0.425 bits per heavy atom. The van der Waals surface area contributed by atoms with Crippen LogP contribution >= 0.6 is 0 Å². The summed E-state index contributed by atoms with van der Waals surface area (Å²) in [4.78, 5) is 4.63. The third kappa shape index (κ3) is 5.51. The number of fused-ring (bicyclic) bond motifs is 15. The number of hydrogen-bond donors (Lipinski definition) is 0. The van der Waals surface area contributed by atoms with E-state index in [-0.39, 0.29) is 10.8 Å². The molecule has 0 N–H and O–H groups in total. The van der Waals surface area contributed by atoms with Gasteiger partial charge in [0.05, 0.1) is 51.6 Å². The number of benzene rings is 9. The van der Waals surface area contributed by atoms with Gasteiger partial charge in [0.2, 0.25) is 5.69 Å². The van der Waals surface area contributed by atoms with Crippen molar-refractivity contribution in [2.24, 2.45) is 0 Å². The Morgan fingerprint density at radius 2 is 0.863 bits per heavy atom. The Bertz CT molecular complexity index is 4320. The summed E-state index contributed by atoms with van der Waals surface area (Å²) in [5, 5.41) is 20.8. The van der Waals surface area contributed by atoms with Crippen LogP contribution < -0.4 is 0 Å². The predicted molar refractivity (Wildman–Crippen MR) is 296 cm³/mol. The highest BCUT2D eigenvalue weighted by molar-refractivity contribution is 6.20. The molecule has 9 aromatic carbocycles. The van der Waals surface area contributed by atoms with Crippen LogP contribution in [0.15, 0.2) is 179 Å². The second-order valence-electron chi connectivity index (χ2n) is 21.3. The van der Waals surface area contributed by atoms with Crippen LogP contribution in [0.5, 0.6) is 0 Å². The minimum Gasteiger partial charge on any atom is -0.456 e. The van der Waals surface area contributed by atoms with Crippen molar-refractivity contribution in [3.05, 3.63) is 198 Å². The first-order valence-corrected chi connectivity index (χ1v) is 26.0. The van der Waals surface area contributed by atoms with E-state index in [4.69, 9.17) is 8.83 Å². The van der Waals surface area contributed by atoms with Crippen molar-refractivity contribution < 1.29 is 8.83 Å². The van der Waals surface area contributed by atoms with E-state index in [1.54, 1.807) is 0 Å². The third-order valence-corrected chi connectivity index (χ3v) is 17.7. The summed E-state index contributed by atoms with van der Waals surface area (Å²) >= 11 is 0. The number of para-hydroxylation sites is 2. The molecule has 4 aromatic heterocycles. The molecule has 3 aliphatic rings. The van der Waals surface area contributed by atoms with E-state index >= 15 is 0 Å². The highest BCUT2D eigenvalue weighted by Crippen LogP contribution is 2.67. The van der Waals surface area contributed by atoms with Crippen LogP contribution in [0.4, 0.5) is 5.69 Å². The van der Waals surface area contributed by atoms with Crippen LogP contribution in [0.25, 0.3) is 126 Å². The first kappa shape index (κ1) is 40.8. The molecule has 6 nitrogen and oxygen atoms in total. The molecule has 0 unspecified atom stereocenters. The molecule has 346 valence electrons. The van der Waals surface area contributed by atoms with E-state index in [2.05, 4.69) is 166 Å². The normalized spacial score (nSPS) is 15.9. The smallest absolute Gasteiger partial charge is 0.230 e. The minimum absolute atomic E-state index is 0.182. The maximum absolute atomic E-state index is 12.1. The van der Waals surface area contributed by atoms with Crippen LogP contribution in [-0.2, 0) is 10.8 Å². The van der Waals surface area contributed by atoms with Gasteiger partial charge in [0.15, 0.2) is 0 Å². The number of rotatable bonds is 4. The van der Waals surface area contributed by atoms with Crippen LogP contribution in [0.3, 0.4) is 0 Å². The molecule has 4 heterocycles. The Balaban J connectivity index is 1.09. The number of hydrogen-bond acceptors (Lipinski definition) is 3. The molecule has 13 aromatic rings. The Hall–Kier alpha value is -8.84. The zero-order valence-corrected chi connectivity index (χ0v) is 40.1. The highest BCUT2D eigenvalue weighted by Gasteiger charge is 2.57. The van der Waals surface area contributed by atoms with Crippen LogP contribution in [0.2, 0.25) is 0 Å². The third-order valence-electron chi connectivity index (χ3n) is 17.7. The molecular weight excluding hydrogens is 893 g/mol. The molecule has 0 atom stereocenters. The zero-order chi connectivity index (χ0) is 48.2. The molecule has 0 amide bonds. The fraction of sp³-hybridized carbons (Fsp3) is 0.164. The summed E-state index contributed by atoms with van der Waals surface area (Å²) in [5.41, 5.74) is 16.7. The predicted octanol–water partition coefficient (Wildman–Crippen LogP) is 18.5. The summed E-state index contributed by atoms with van der Waals surface area (Å²) < 4.78 is 18.2. The zero-order valence-electron chi connectivity index (χ0n) is 40.1. The molecule has 16 rings (SSSR count). The summed E-state index contributed by atoms with van der Waals surface area (Å²) in [6.45, 7) is 9.48. The van der Waals surface area contributed by atoms with Gasteiger partial charge in [-0.25, -0.2) is 4.85 Å². The van der Waals surface area contributed by atoms with E-state index in [1.165, 1.54) is 11.1 Å². The lowest BCUT2D eigenvalue weighted by atomic mass is 9.74. The Morgan fingerprint density at radius 3 is 1.34 bits per heavy atom. The van der Waals surface area contributed by atoms with Crippen LogP contribution in [0.1, 0.15) is 74.5 Å². The van der Waals surface area contributed by atoms with Crippen molar-refractivity contribution in [1.82, 2.24) is 9.13 Å². The average Bonchev–Trinajstić information content (AvgIpc) is 4.34. The van der Waals surface area contributed by atoms with E-state index in [1.807, 2.05) is 24.3 Å². The molecule has 0 radical (unpaired) electrons. The van der Waals surface area contributed by atoms with Gasteiger partial charge in [-0.2, -0.15) is 5.26 Å². The molecule has 2 fully saturated rings. The number of aromatic nitrogens is 2. The molecular formula is C67H46N4O2. The monoisotopic (exact) mass is 938 g/mol. The molecule has 73 heavy (non-hydrogen) atoms. The maximum atomic E-state index is 12.1. The largest absolute Gasteiger partial charge is 0.456 e. The van der Waals surface area contributed by atoms with Gasteiger partial charge in [0.25, 0.3) is 0 Å². The van der Waals surface area contributed by atoms with Crippen molar-refractivity contribution in [2.75, 3.05) is 0 Å². The average molecular weight is 939 g/mol. The first-order chi connectivity index (χ1) is 36.0. The van der Waals surface area contributed by atoms with Crippen molar-refractivity contribution in [1.29, 1.82) is 5.26 Å². The topological polar surface area (TPSA) is 64.3 Å². The lowest BCUT2D eigenvalue weighted by molar-refractivity contribution is 0.323. The second-order valence-corrected chi connectivity index (χ2v) is 21.3. The number of furan rings is 2.